The molecule has 2 aromatic heterocycles. The van der Waals surface area contributed by atoms with E-state index < -0.39 is 41.5 Å². The number of thiazole rings is 1. The largest absolute Gasteiger partial charge is 0.451 e. The number of aromatic nitrogens is 2. The molecule has 0 radical (unpaired) electrons. The van der Waals surface area contributed by atoms with Crippen LogP contribution in [0.2, 0.25) is 0 Å². The number of carbonyl (C=O) groups is 2. The van der Waals surface area contributed by atoms with Crippen molar-refractivity contribution in [2.24, 2.45) is 0 Å². The Morgan fingerprint density at radius 1 is 1.14 bits per heavy atom. The highest BCUT2D eigenvalue weighted by Gasteiger charge is 2.19. The molecule has 0 bridgehead atoms. The van der Waals surface area contributed by atoms with Crippen molar-refractivity contribution in [2.45, 2.75) is 0 Å². The minimum atomic E-state index is -1.64. The van der Waals surface area contributed by atoms with Crippen LogP contribution >= 0.6 is 11.3 Å². The lowest BCUT2D eigenvalue weighted by molar-refractivity contribution is -0.119. The second kappa shape index (κ2) is 6.97. The van der Waals surface area contributed by atoms with E-state index in [1.165, 1.54) is 0 Å². The SMILES string of the molecule is O=C(COC(=O)c1cc2ccccc2[nH]1)Nc1nc2c(F)c(F)c(F)cc2s1. The summed E-state index contributed by atoms with van der Waals surface area (Å²) < 4.78 is 45.1. The zero-order valence-corrected chi connectivity index (χ0v) is 14.7. The fourth-order valence-corrected chi connectivity index (χ4v) is 3.48. The van der Waals surface area contributed by atoms with E-state index in [4.69, 9.17) is 4.74 Å². The number of anilines is 1. The number of hydrogen-bond acceptors (Lipinski definition) is 5. The lowest BCUT2D eigenvalue weighted by atomic mass is 10.2. The van der Waals surface area contributed by atoms with Gasteiger partial charge in [0.15, 0.2) is 29.2 Å². The maximum Gasteiger partial charge on any atom is 0.355 e. The number of carbonyl (C=O) groups excluding carboxylic acids is 2. The normalized spacial score (nSPS) is 11.1. The van der Waals surface area contributed by atoms with Crippen LogP contribution in [0.4, 0.5) is 18.3 Å². The highest BCUT2D eigenvalue weighted by Crippen LogP contribution is 2.30. The average Bonchev–Trinajstić information content (AvgIpc) is 3.28. The highest BCUT2D eigenvalue weighted by molar-refractivity contribution is 7.22. The molecule has 0 unspecified atom stereocenters. The van der Waals surface area contributed by atoms with Gasteiger partial charge in [0.2, 0.25) is 0 Å². The van der Waals surface area contributed by atoms with Gasteiger partial charge in [-0.25, -0.2) is 22.9 Å². The van der Waals surface area contributed by atoms with Gasteiger partial charge in [0, 0.05) is 10.9 Å². The molecule has 28 heavy (non-hydrogen) atoms. The van der Waals surface area contributed by atoms with E-state index in [1.54, 1.807) is 18.2 Å². The van der Waals surface area contributed by atoms with Gasteiger partial charge in [-0.1, -0.05) is 29.5 Å². The van der Waals surface area contributed by atoms with Gasteiger partial charge in [0.05, 0.1) is 4.70 Å². The van der Waals surface area contributed by atoms with Gasteiger partial charge in [-0.2, -0.15) is 0 Å². The molecule has 0 aliphatic rings. The average molecular weight is 405 g/mol. The summed E-state index contributed by atoms with van der Waals surface area (Å²) in [7, 11) is 0. The molecule has 0 aliphatic heterocycles. The molecule has 6 nitrogen and oxygen atoms in total. The Kier molecular flexibility index (Phi) is 4.47. The zero-order chi connectivity index (χ0) is 19.8. The summed E-state index contributed by atoms with van der Waals surface area (Å²) in [6, 6.07) is 9.60. The van der Waals surface area contributed by atoms with E-state index in [9.17, 15) is 22.8 Å². The number of H-pyrrole nitrogens is 1. The third kappa shape index (κ3) is 3.29. The number of benzene rings is 2. The Balaban J connectivity index is 1.42. The molecule has 0 spiro atoms. The number of rotatable bonds is 4. The van der Waals surface area contributed by atoms with Crippen LogP contribution in [0, 0.1) is 17.5 Å². The summed E-state index contributed by atoms with van der Waals surface area (Å²) in [4.78, 5) is 30.6. The van der Waals surface area contributed by atoms with E-state index in [1.807, 2.05) is 12.1 Å². The van der Waals surface area contributed by atoms with Crippen LogP contribution in [0.25, 0.3) is 21.1 Å². The number of para-hydroxylation sites is 1. The highest BCUT2D eigenvalue weighted by atomic mass is 32.1. The van der Waals surface area contributed by atoms with Crippen molar-refractivity contribution in [3.05, 3.63) is 59.5 Å². The Hall–Kier alpha value is -3.40. The number of halogens is 3. The van der Waals surface area contributed by atoms with Gasteiger partial charge in [-0.05, 0) is 18.2 Å². The Bertz CT molecular complexity index is 1200. The quantitative estimate of drug-likeness (QED) is 0.397. The molecule has 2 N–H and O–H groups in total. The van der Waals surface area contributed by atoms with Crippen LogP contribution in [-0.4, -0.2) is 28.5 Å². The standard InChI is InChI=1S/C18H10F3N3O3S/c19-9-6-12-16(15(21)14(9)20)24-18(28-12)23-13(25)7-27-17(26)11-5-8-3-1-2-4-10(8)22-11/h1-6,22H,7H2,(H,23,24,25). The minimum Gasteiger partial charge on any atom is -0.451 e. The lowest BCUT2D eigenvalue weighted by Gasteiger charge is -2.03. The van der Waals surface area contributed by atoms with Crippen molar-refractivity contribution < 1.29 is 27.5 Å². The van der Waals surface area contributed by atoms with E-state index in [2.05, 4.69) is 15.3 Å². The Morgan fingerprint density at radius 2 is 1.93 bits per heavy atom. The predicted molar refractivity (Wildman–Crippen MR) is 96.7 cm³/mol. The van der Waals surface area contributed by atoms with Gasteiger partial charge in [-0.3, -0.25) is 10.1 Å². The van der Waals surface area contributed by atoms with Crippen LogP contribution in [0.3, 0.4) is 0 Å². The first-order valence-corrected chi connectivity index (χ1v) is 8.73. The summed E-state index contributed by atoms with van der Waals surface area (Å²) in [6.45, 7) is -0.616. The molecule has 0 atom stereocenters. The molecule has 0 fully saturated rings. The maximum absolute atomic E-state index is 13.7. The summed E-state index contributed by atoms with van der Waals surface area (Å²) in [5.41, 5.74) is 0.533. The molecule has 1 amide bonds. The fraction of sp³-hybridized carbons (Fsp3) is 0.0556. The predicted octanol–water partition coefficient (Wildman–Crippen LogP) is 3.99. The van der Waals surface area contributed by atoms with Gasteiger partial charge < -0.3 is 9.72 Å². The monoisotopic (exact) mass is 405 g/mol. The number of ether oxygens (including phenoxy) is 1. The minimum absolute atomic E-state index is 0.0294. The van der Waals surface area contributed by atoms with Crippen LogP contribution < -0.4 is 5.32 Å². The maximum atomic E-state index is 13.7. The molecule has 142 valence electrons. The van der Waals surface area contributed by atoms with Gasteiger partial charge >= 0.3 is 5.97 Å². The van der Waals surface area contributed by atoms with Crippen LogP contribution in [0.1, 0.15) is 10.5 Å². The number of nitrogens with zero attached hydrogens (tertiary/aromatic N) is 1. The topological polar surface area (TPSA) is 84.1 Å². The lowest BCUT2D eigenvalue weighted by Crippen LogP contribution is -2.20. The van der Waals surface area contributed by atoms with Crippen molar-refractivity contribution in [3.8, 4) is 0 Å². The third-order valence-corrected chi connectivity index (χ3v) is 4.77. The molecular formula is C18H10F3N3O3S. The number of hydrogen-bond donors (Lipinski definition) is 2. The molecule has 2 aromatic carbocycles. The second-order valence-corrected chi connectivity index (χ2v) is 6.78. The van der Waals surface area contributed by atoms with Crippen molar-refractivity contribution in [1.29, 1.82) is 0 Å². The van der Waals surface area contributed by atoms with Crippen molar-refractivity contribution >= 4 is 49.5 Å². The number of aromatic amines is 1. The molecular weight excluding hydrogens is 395 g/mol. The van der Waals surface area contributed by atoms with E-state index in [0.717, 1.165) is 28.3 Å². The second-order valence-electron chi connectivity index (χ2n) is 5.75. The number of fused-ring (bicyclic) bond motifs is 2. The molecule has 2 heterocycles. The summed E-state index contributed by atoms with van der Waals surface area (Å²) in [5, 5.41) is 3.04. The first-order chi connectivity index (χ1) is 13.4. The molecule has 0 saturated heterocycles. The first kappa shape index (κ1) is 18.0. The van der Waals surface area contributed by atoms with Gasteiger partial charge in [-0.15, -0.1) is 0 Å². The smallest absolute Gasteiger partial charge is 0.355 e. The van der Waals surface area contributed by atoms with Gasteiger partial charge in [0.25, 0.3) is 5.91 Å². The Labute approximate surface area is 158 Å². The van der Waals surface area contributed by atoms with Crippen LogP contribution in [0.5, 0.6) is 0 Å². The van der Waals surface area contributed by atoms with Gasteiger partial charge in [0.1, 0.15) is 11.2 Å². The molecule has 4 rings (SSSR count). The summed E-state index contributed by atoms with van der Waals surface area (Å²) in [5.74, 6) is -5.88. The molecule has 10 heteroatoms. The third-order valence-electron chi connectivity index (χ3n) is 3.85. The first-order valence-electron chi connectivity index (χ1n) is 7.91. The Morgan fingerprint density at radius 3 is 2.71 bits per heavy atom. The summed E-state index contributed by atoms with van der Waals surface area (Å²) in [6.07, 6.45) is 0. The van der Waals surface area contributed by atoms with Crippen LogP contribution in [-0.2, 0) is 9.53 Å². The van der Waals surface area contributed by atoms with Crippen molar-refractivity contribution in [1.82, 2.24) is 9.97 Å². The zero-order valence-electron chi connectivity index (χ0n) is 13.9. The van der Waals surface area contributed by atoms with Crippen molar-refractivity contribution in [3.63, 3.8) is 0 Å². The summed E-state index contributed by atoms with van der Waals surface area (Å²) >= 11 is 0.760. The van der Waals surface area contributed by atoms with E-state index >= 15 is 0 Å². The number of esters is 1. The number of nitrogens with one attached hydrogen (secondary N) is 2. The number of amides is 1. The van der Waals surface area contributed by atoms with E-state index in [0.29, 0.717) is 0 Å². The molecule has 4 aromatic rings. The molecule has 0 saturated carbocycles. The fourth-order valence-electron chi connectivity index (χ4n) is 2.58. The molecule has 0 aliphatic carbocycles. The van der Waals surface area contributed by atoms with Crippen LogP contribution in [0.15, 0.2) is 36.4 Å². The van der Waals surface area contributed by atoms with E-state index in [-0.39, 0.29) is 15.5 Å². The van der Waals surface area contributed by atoms with Crippen molar-refractivity contribution in [2.75, 3.05) is 11.9 Å².